The lowest BCUT2D eigenvalue weighted by molar-refractivity contribution is -0.144. The third-order valence-electron chi connectivity index (χ3n) is 2.81. The second-order valence-electron chi connectivity index (χ2n) is 4.20. The van der Waals surface area contributed by atoms with Crippen molar-refractivity contribution in [3.63, 3.8) is 0 Å². The first-order valence-corrected chi connectivity index (χ1v) is 7.08. The van der Waals surface area contributed by atoms with Gasteiger partial charge in [0.1, 0.15) is 6.04 Å². The molecule has 2 rings (SSSR count). The van der Waals surface area contributed by atoms with Crippen molar-refractivity contribution in [2.24, 2.45) is 0 Å². The van der Waals surface area contributed by atoms with Gasteiger partial charge in [-0.25, -0.2) is 18.7 Å². The number of hydrogen-bond acceptors (Lipinski definition) is 7. The van der Waals surface area contributed by atoms with Gasteiger partial charge in [-0.1, -0.05) is 11.3 Å². The fraction of sp³-hybridized carbons (Fsp3) is 0.500. The van der Waals surface area contributed by atoms with Crippen molar-refractivity contribution in [3.05, 3.63) is 12.4 Å². The van der Waals surface area contributed by atoms with Gasteiger partial charge in [-0.2, -0.15) is 4.98 Å². The number of aromatic nitrogens is 3. The standard InChI is InChI=1S/C12H14F2N4O2S/c1-3-20-8(19)6-7(9(13)14)18(2)12-17-10-11(21-12)16-5-4-15-10/h4-5,7,9H,3,6H2,1-2H3. The first-order valence-electron chi connectivity index (χ1n) is 6.27. The fourth-order valence-corrected chi connectivity index (χ4v) is 2.63. The fourth-order valence-electron chi connectivity index (χ4n) is 1.74. The summed E-state index contributed by atoms with van der Waals surface area (Å²) >= 11 is 1.15. The average molecular weight is 316 g/mol. The molecule has 0 saturated heterocycles. The Hall–Kier alpha value is -1.90. The number of nitrogens with zero attached hydrogens (tertiary/aromatic N) is 4. The smallest absolute Gasteiger partial charge is 0.308 e. The molecule has 0 N–H and O–H groups in total. The summed E-state index contributed by atoms with van der Waals surface area (Å²) < 4.78 is 31.1. The molecule has 0 amide bonds. The van der Waals surface area contributed by atoms with Gasteiger partial charge in [-0.3, -0.25) is 4.79 Å². The molecule has 0 aliphatic carbocycles. The summed E-state index contributed by atoms with van der Waals surface area (Å²) in [5, 5.41) is 0.339. The average Bonchev–Trinajstić information content (AvgIpc) is 2.88. The van der Waals surface area contributed by atoms with E-state index in [9.17, 15) is 13.6 Å². The van der Waals surface area contributed by atoms with Gasteiger partial charge in [0.25, 0.3) is 6.43 Å². The molecule has 0 spiro atoms. The van der Waals surface area contributed by atoms with Crippen molar-refractivity contribution in [3.8, 4) is 0 Å². The molecule has 21 heavy (non-hydrogen) atoms. The molecule has 9 heteroatoms. The van der Waals surface area contributed by atoms with Crippen LogP contribution in [0.5, 0.6) is 0 Å². The molecular weight excluding hydrogens is 302 g/mol. The van der Waals surface area contributed by atoms with Crippen LogP contribution in [0.3, 0.4) is 0 Å². The van der Waals surface area contributed by atoms with E-state index >= 15 is 0 Å². The number of carbonyl (C=O) groups excluding carboxylic acids is 1. The molecule has 1 unspecified atom stereocenters. The van der Waals surface area contributed by atoms with E-state index in [0.29, 0.717) is 15.6 Å². The van der Waals surface area contributed by atoms with Crippen molar-refractivity contribution in [2.75, 3.05) is 18.6 Å². The minimum absolute atomic E-state index is 0.160. The first kappa shape index (κ1) is 15.5. The molecule has 0 aliphatic heterocycles. The molecule has 0 fully saturated rings. The summed E-state index contributed by atoms with van der Waals surface area (Å²) in [5.74, 6) is -0.660. The number of anilines is 1. The van der Waals surface area contributed by atoms with Crippen LogP contribution in [-0.4, -0.2) is 47.0 Å². The second-order valence-corrected chi connectivity index (χ2v) is 5.16. The van der Waals surface area contributed by atoms with E-state index < -0.39 is 24.9 Å². The third-order valence-corrected chi connectivity index (χ3v) is 3.85. The van der Waals surface area contributed by atoms with Crippen molar-refractivity contribution in [2.45, 2.75) is 25.8 Å². The Labute approximate surface area is 123 Å². The third kappa shape index (κ3) is 3.60. The highest BCUT2D eigenvalue weighted by Crippen LogP contribution is 2.28. The Kier molecular flexibility index (Phi) is 4.94. The zero-order chi connectivity index (χ0) is 15.4. The summed E-state index contributed by atoms with van der Waals surface area (Å²) in [6.45, 7) is 1.79. The molecule has 0 aliphatic rings. The van der Waals surface area contributed by atoms with Crippen LogP contribution in [0.15, 0.2) is 12.4 Å². The Morgan fingerprint density at radius 1 is 1.43 bits per heavy atom. The van der Waals surface area contributed by atoms with Crippen LogP contribution < -0.4 is 4.90 Å². The predicted molar refractivity (Wildman–Crippen MR) is 74.7 cm³/mol. The van der Waals surface area contributed by atoms with Crippen LogP contribution in [0.2, 0.25) is 0 Å². The summed E-state index contributed by atoms with van der Waals surface area (Å²) in [6.07, 6.45) is -0.117. The second kappa shape index (κ2) is 6.70. The van der Waals surface area contributed by atoms with E-state index in [2.05, 4.69) is 15.0 Å². The number of hydrogen-bond donors (Lipinski definition) is 0. The van der Waals surface area contributed by atoms with Crippen molar-refractivity contribution in [1.29, 1.82) is 0 Å². The molecule has 0 saturated carbocycles. The van der Waals surface area contributed by atoms with E-state index in [1.54, 1.807) is 6.92 Å². The minimum atomic E-state index is -2.70. The van der Waals surface area contributed by atoms with Crippen molar-refractivity contribution < 1.29 is 18.3 Å². The Bertz CT molecular complexity index is 589. The first-order chi connectivity index (χ1) is 10.0. The van der Waals surface area contributed by atoms with E-state index in [0.717, 1.165) is 11.3 Å². The van der Waals surface area contributed by atoms with E-state index in [1.807, 2.05) is 0 Å². The Morgan fingerprint density at radius 2 is 2.14 bits per heavy atom. The molecule has 2 aromatic rings. The van der Waals surface area contributed by atoms with E-state index in [-0.39, 0.29) is 6.61 Å². The highest BCUT2D eigenvalue weighted by molar-refractivity contribution is 7.21. The van der Waals surface area contributed by atoms with Gasteiger partial charge in [-0.15, -0.1) is 0 Å². The lowest BCUT2D eigenvalue weighted by Crippen LogP contribution is -2.39. The number of carbonyl (C=O) groups is 1. The Morgan fingerprint density at radius 3 is 2.76 bits per heavy atom. The molecule has 0 bridgehead atoms. The predicted octanol–water partition coefficient (Wildman–Crippen LogP) is 2.11. The number of alkyl halides is 2. The number of ether oxygens (including phenoxy) is 1. The highest BCUT2D eigenvalue weighted by atomic mass is 32.1. The maximum absolute atomic E-state index is 13.2. The summed E-state index contributed by atoms with van der Waals surface area (Å²) in [7, 11) is 1.47. The van der Waals surface area contributed by atoms with Gasteiger partial charge < -0.3 is 9.64 Å². The van der Waals surface area contributed by atoms with Crippen LogP contribution in [0.4, 0.5) is 13.9 Å². The van der Waals surface area contributed by atoms with Gasteiger partial charge in [-0.05, 0) is 6.92 Å². The van der Waals surface area contributed by atoms with Gasteiger partial charge in [0, 0.05) is 19.4 Å². The molecule has 1 atom stereocenters. The lowest BCUT2D eigenvalue weighted by Gasteiger charge is -2.26. The van der Waals surface area contributed by atoms with Crippen LogP contribution >= 0.6 is 11.3 Å². The van der Waals surface area contributed by atoms with Crippen LogP contribution in [-0.2, 0) is 9.53 Å². The van der Waals surface area contributed by atoms with Crippen molar-refractivity contribution >= 4 is 32.9 Å². The number of fused-ring (bicyclic) bond motifs is 1. The van der Waals surface area contributed by atoms with Gasteiger partial charge >= 0.3 is 5.97 Å². The van der Waals surface area contributed by atoms with Gasteiger partial charge in [0.15, 0.2) is 15.6 Å². The summed E-state index contributed by atoms with van der Waals surface area (Å²) in [5.41, 5.74) is 0.397. The lowest BCUT2D eigenvalue weighted by atomic mass is 10.2. The minimum Gasteiger partial charge on any atom is -0.466 e. The van der Waals surface area contributed by atoms with E-state index in [4.69, 9.17) is 4.74 Å². The maximum Gasteiger partial charge on any atom is 0.308 e. The van der Waals surface area contributed by atoms with Gasteiger partial charge in [0.2, 0.25) is 0 Å². The highest BCUT2D eigenvalue weighted by Gasteiger charge is 2.30. The van der Waals surface area contributed by atoms with Crippen molar-refractivity contribution in [1.82, 2.24) is 15.0 Å². The Balaban J connectivity index is 2.20. The molecular formula is C12H14F2N4O2S. The number of thiazole rings is 1. The molecule has 0 aromatic carbocycles. The zero-order valence-electron chi connectivity index (χ0n) is 11.5. The van der Waals surface area contributed by atoms with Crippen LogP contribution in [0.1, 0.15) is 13.3 Å². The monoisotopic (exact) mass is 316 g/mol. The topological polar surface area (TPSA) is 68.2 Å². The van der Waals surface area contributed by atoms with E-state index in [1.165, 1.54) is 24.3 Å². The summed E-state index contributed by atoms with van der Waals surface area (Å²) in [4.78, 5) is 25.5. The quantitative estimate of drug-likeness (QED) is 0.760. The number of esters is 1. The molecule has 0 radical (unpaired) electrons. The maximum atomic E-state index is 13.2. The largest absolute Gasteiger partial charge is 0.466 e. The normalized spacial score (nSPS) is 12.6. The van der Waals surface area contributed by atoms with Gasteiger partial charge in [0.05, 0.1) is 13.0 Å². The summed E-state index contributed by atoms with van der Waals surface area (Å²) in [6, 6.07) is -1.30. The van der Waals surface area contributed by atoms with Crippen LogP contribution in [0, 0.1) is 0 Å². The number of rotatable bonds is 6. The molecule has 6 nitrogen and oxygen atoms in total. The zero-order valence-corrected chi connectivity index (χ0v) is 12.3. The molecule has 2 heterocycles. The SMILES string of the molecule is CCOC(=O)CC(C(F)F)N(C)c1nc2nccnc2s1. The number of halogens is 2. The molecule has 2 aromatic heterocycles. The van der Waals surface area contributed by atoms with Crippen LogP contribution in [0.25, 0.3) is 10.5 Å². The molecule has 114 valence electrons.